The van der Waals surface area contributed by atoms with Gasteiger partial charge in [0, 0.05) is 10.7 Å². The third-order valence-electron chi connectivity index (χ3n) is 4.00. The number of hydrogen-bond donors (Lipinski definition) is 2. The molecule has 0 saturated carbocycles. The Labute approximate surface area is 153 Å². The maximum Gasteiger partial charge on any atom is 0.426 e. The molecule has 2 rings (SSSR count). The van der Waals surface area contributed by atoms with E-state index in [1.54, 1.807) is 0 Å². The molecule has 0 aliphatic heterocycles. The highest BCUT2D eigenvalue weighted by Crippen LogP contribution is 2.44. The van der Waals surface area contributed by atoms with E-state index in [1.165, 1.54) is 38.1 Å². The maximum atomic E-state index is 14.2. The van der Waals surface area contributed by atoms with Gasteiger partial charge in [0.15, 0.2) is 0 Å². The van der Waals surface area contributed by atoms with Crippen LogP contribution in [0.2, 0.25) is 5.02 Å². The van der Waals surface area contributed by atoms with E-state index in [0.29, 0.717) is 0 Å². The molecule has 2 N–H and O–H groups in total. The fourth-order valence-electron chi connectivity index (χ4n) is 2.70. The van der Waals surface area contributed by atoms with Crippen molar-refractivity contribution in [3.05, 3.63) is 58.1 Å². The number of aromatic hydroxyl groups is 1. The van der Waals surface area contributed by atoms with Crippen molar-refractivity contribution in [2.45, 2.75) is 25.6 Å². The first kappa shape index (κ1) is 19.9. The lowest BCUT2D eigenvalue weighted by molar-refractivity contribution is -0.201. The number of alkyl halides is 3. The molecular formula is C18H17ClF3NO3. The minimum Gasteiger partial charge on any atom is -0.507 e. The van der Waals surface area contributed by atoms with E-state index in [4.69, 9.17) is 11.6 Å². The Bertz CT molecular complexity index is 816. The van der Waals surface area contributed by atoms with Crippen LogP contribution in [-0.2, 0) is 15.1 Å². The van der Waals surface area contributed by atoms with Crippen molar-refractivity contribution >= 4 is 23.3 Å². The van der Waals surface area contributed by atoms with Gasteiger partial charge in [-0.1, -0.05) is 17.7 Å². The number of phenolic OH excluding ortho intramolecular Hbond substituents is 1. The van der Waals surface area contributed by atoms with Crippen molar-refractivity contribution in [2.24, 2.45) is 0 Å². The Morgan fingerprint density at radius 2 is 1.73 bits per heavy atom. The van der Waals surface area contributed by atoms with Crippen LogP contribution < -0.4 is 5.32 Å². The molecule has 0 amide bonds. The summed E-state index contributed by atoms with van der Waals surface area (Å²) in [6.07, 6.45) is -5.04. The molecule has 0 heterocycles. The quantitative estimate of drug-likeness (QED) is 0.746. The Hall–Kier alpha value is -2.41. The Morgan fingerprint density at radius 3 is 2.19 bits per heavy atom. The molecule has 0 fully saturated rings. The molecule has 4 nitrogen and oxygen atoms in total. The highest BCUT2D eigenvalue weighted by molar-refractivity contribution is 6.30. The number of rotatable bonds is 4. The number of hydrogen-bond acceptors (Lipinski definition) is 4. The number of aryl methyl sites for hydroxylation is 2. The highest BCUT2D eigenvalue weighted by Gasteiger charge is 2.63. The lowest BCUT2D eigenvalue weighted by Gasteiger charge is -2.35. The predicted molar refractivity (Wildman–Crippen MR) is 92.4 cm³/mol. The monoisotopic (exact) mass is 387 g/mol. The van der Waals surface area contributed by atoms with Gasteiger partial charge in [0.05, 0.1) is 7.11 Å². The average Bonchev–Trinajstić information content (AvgIpc) is 2.55. The third kappa shape index (κ3) is 3.44. The van der Waals surface area contributed by atoms with E-state index < -0.39 is 23.2 Å². The van der Waals surface area contributed by atoms with Gasteiger partial charge in [-0.05, 0) is 60.9 Å². The average molecular weight is 388 g/mol. The van der Waals surface area contributed by atoms with E-state index in [2.05, 4.69) is 10.1 Å². The third-order valence-corrected chi connectivity index (χ3v) is 4.23. The number of nitrogens with one attached hydrogen (secondary N) is 1. The van der Waals surface area contributed by atoms with Gasteiger partial charge in [-0.2, -0.15) is 13.2 Å². The summed E-state index contributed by atoms with van der Waals surface area (Å²) in [5.74, 6) is -1.67. The first-order valence-corrected chi connectivity index (χ1v) is 7.90. The van der Waals surface area contributed by atoms with Crippen molar-refractivity contribution in [2.75, 3.05) is 12.4 Å². The molecular weight excluding hydrogens is 371 g/mol. The molecule has 26 heavy (non-hydrogen) atoms. The predicted octanol–water partition coefficient (Wildman–Crippen LogP) is 4.71. The van der Waals surface area contributed by atoms with Crippen LogP contribution in [-0.4, -0.2) is 24.4 Å². The number of carbonyl (C=O) groups is 1. The lowest BCUT2D eigenvalue weighted by atomic mass is 9.86. The molecule has 0 radical (unpaired) electrons. The molecule has 1 atom stereocenters. The van der Waals surface area contributed by atoms with Crippen molar-refractivity contribution in [3.8, 4) is 5.75 Å². The van der Waals surface area contributed by atoms with Crippen molar-refractivity contribution in [3.63, 3.8) is 0 Å². The van der Waals surface area contributed by atoms with Gasteiger partial charge in [0.25, 0.3) is 5.54 Å². The summed E-state index contributed by atoms with van der Waals surface area (Å²) in [6.45, 7) is 2.90. The second kappa shape index (κ2) is 7.07. The Morgan fingerprint density at radius 1 is 1.15 bits per heavy atom. The summed E-state index contributed by atoms with van der Waals surface area (Å²) in [5, 5.41) is 12.3. The van der Waals surface area contributed by atoms with Crippen LogP contribution in [0.15, 0.2) is 36.4 Å². The SMILES string of the molecule is COC(=O)[C@](Nc1cccc(Cl)c1)(c1cc(C)c(O)c(C)c1)C(F)(F)F. The minimum atomic E-state index is -5.04. The van der Waals surface area contributed by atoms with Crippen LogP contribution in [0.5, 0.6) is 5.75 Å². The number of ether oxygens (including phenoxy) is 1. The normalized spacial score (nSPS) is 13.8. The summed E-state index contributed by atoms with van der Waals surface area (Å²) in [7, 11) is 0.878. The van der Waals surface area contributed by atoms with Gasteiger partial charge >= 0.3 is 12.1 Å². The molecule has 0 unspecified atom stereocenters. The van der Waals surface area contributed by atoms with E-state index in [-0.39, 0.29) is 27.6 Å². The van der Waals surface area contributed by atoms with Crippen LogP contribution in [0, 0.1) is 13.8 Å². The van der Waals surface area contributed by atoms with Crippen molar-refractivity contribution in [1.29, 1.82) is 0 Å². The zero-order chi connectivity index (χ0) is 19.7. The van der Waals surface area contributed by atoms with E-state index in [0.717, 1.165) is 19.2 Å². The number of phenols is 1. The highest BCUT2D eigenvalue weighted by atomic mass is 35.5. The fraction of sp³-hybridized carbons (Fsp3) is 0.278. The molecule has 2 aromatic carbocycles. The number of carbonyl (C=O) groups excluding carboxylic acids is 1. The van der Waals surface area contributed by atoms with E-state index in [9.17, 15) is 23.1 Å². The molecule has 0 bridgehead atoms. The zero-order valence-electron chi connectivity index (χ0n) is 14.2. The van der Waals surface area contributed by atoms with Crippen LogP contribution in [0.3, 0.4) is 0 Å². The second-order valence-electron chi connectivity index (χ2n) is 5.83. The summed E-state index contributed by atoms with van der Waals surface area (Å²) in [5.41, 5.74) is -3.18. The van der Waals surface area contributed by atoms with Crippen LogP contribution in [0.1, 0.15) is 16.7 Å². The first-order valence-electron chi connectivity index (χ1n) is 7.52. The zero-order valence-corrected chi connectivity index (χ0v) is 15.0. The van der Waals surface area contributed by atoms with E-state index >= 15 is 0 Å². The Kier molecular flexibility index (Phi) is 5.41. The first-order chi connectivity index (χ1) is 12.0. The number of esters is 1. The number of benzene rings is 2. The van der Waals surface area contributed by atoms with Gasteiger partial charge in [0.2, 0.25) is 0 Å². The number of methoxy groups -OCH3 is 1. The summed E-state index contributed by atoms with van der Waals surface area (Å²) in [4.78, 5) is 12.4. The number of halogens is 4. The summed E-state index contributed by atoms with van der Waals surface area (Å²) >= 11 is 5.85. The van der Waals surface area contributed by atoms with Crippen LogP contribution >= 0.6 is 11.6 Å². The van der Waals surface area contributed by atoms with Crippen molar-refractivity contribution in [1.82, 2.24) is 0 Å². The van der Waals surface area contributed by atoms with Crippen LogP contribution in [0.4, 0.5) is 18.9 Å². The van der Waals surface area contributed by atoms with E-state index in [1.807, 2.05) is 0 Å². The molecule has 8 heteroatoms. The van der Waals surface area contributed by atoms with Gasteiger partial charge in [0.1, 0.15) is 5.75 Å². The lowest BCUT2D eigenvalue weighted by Crippen LogP contribution is -2.55. The van der Waals surface area contributed by atoms with Gasteiger partial charge in [-0.25, -0.2) is 4.79 Å². The Balaban J connectivity index is 2.78. The summed E-state index contributed by atoms with van der Waals surface area (Å²) < 4.78 is 47.1. The molecule has 0 aliphatic carbocycles. The summed E-state index contributed by atoms with van der Waals surface area (Å²) in [6, 6.07) is 7.78. The maximum absolute atomic E-state index is 14.2. The van der Waals surface area contributed by atoms with Gasteiger partial charge in [-0.3, -0.25) is 0 Å². The van der Waals surface area contributed by atoms with Crippen LogP contribution in [0.25, 0.3) is 0 Å². The molecule has 140 valence electrons. The largest absolute Gasteiger partial charge is 0.507 e. The molecule has 2 aromatic rings. The topological polar surface area (TPSA) is 58.6 Å². The standard InChI is InChI=1S/C18H17ClF3NO3/c1-10-7-12(8-11(2)15(10)24)17(16(25)26-3,18(20,21)22)23-14-6-4-5-13(19)9-14/h4-9,23-24H,1-3H3/t17-/m1/s1. The molecule has 0 spiro atoms. The van der Waals surface area contributed by atoms with Gasteiger partial charge < -0.3 is 15.2 Å². The van der Waals surface area contributed by atoms with Gasteiger partial charge in [-0.15, -0.1) is 0 Å². The fourth-order valence-corrected chi connectivity index (χ4v) is 2.89. The minimum absolute atomic E-state index is 0.0105. The van der Waals surface area contributed by atoms with Crippen molar-refractivity contribution < 1.29 is 27.8 Å². The molecule has 0 saturated heterocycles. The second-order valence-corrected chi connectivity index (χ2v) is 6.27. The molecule has 0 aliphatic rings. The smallest absolute Gasteiger partial charge is 0.426 e. The number of anilines is 1. The molecule has 0 aromatic heterocycles.